The van der Waals surface area contributed by atoms with Crippen molar-refractivity contribution in [1.29, 1.82) is 0 Å². The highest BCUT2D eigenvalue weighted by Crippen LogP contribution is 2.31. The number of nitrogens with one attached hydrogen (secondary N) is 1. The van der Waals surface area contributed by atoms with E-state index < -0.39 is 0 Å². The van der Waals surface area contributed by atoms with Crippen molar-refractivity contribution in [3.63, 3.8) is 0 Å². The fourth-order valence-corrected chi connectivity index (χ4v) is 3.04. The van der Waals surface area contributed by atoms with E-state index in [1.807, 2.05) is 41.3 Å². The van der Waals surface area contributed by atoms with E-state index in [1.54, 1.807) is 7.11 Å². The summed E-state index contributed by atoms with van der Waals surface area (Å²) in [5.74, 6) is 0.671. The monoisotopic (exact) mass is 310 g/mol. The number of carbonyl (C=O) groups excluding carboxylic acids is 1. The van der Waals surface area contributed by atoms with Crippen molar-refractivity contribution in [2.75, 3.05) is 19.0 Å². The van der Waals surface area contributed by atoms with Gasteiger partial charge in [0.05, 0.1) is 12.8 Å². The van der Waals surface area contributed by atoms with Gasteiger partial charge in [0.1, 0.15) is 5.75 Å². The highest BCUT2D eigenvalue weighted by molar-refractivity contribution is 5.92. The first-order valence-corrected chi connectivity index (χ1v) is 8.00. The maximum atomic E-state index is 12.5. The highest BCUT2D eigenvalue weighted by atomic mass is 16.5. The normalized spacial score (nSPS) is 17.1. The van der Waals surface area contributed by atoms with Gasteiger partial charge in [0.25, 0.3) is 0 Å². The molecule has 0 bridgehead atoms. The number of methoxy groups -OCH3 is 1. The molecule has 1 aliphatic heterocycles. The predicted octanol–water partition coefficient (Wildman–Crippen LogP) is 4.38. The molecule has 23 heavy (non-hydrogen) atoms. The molecule has 0 spiro atoms. The number of nitrogens with zero attached hydrogens (tertiary/aromatic N) is 1. The molecule has 1 aliphatic rings. The third-order valence-corrected chi connectivity index (χ3v) is 4.36. The molecule has 0 saturated carbocycles. The number of benzene rings is 2. The van der Waals surface area contributed by atoms with E-state index in [0.717, 1.165) is 30.5 Å². The molecule has 1 atom stereocenters. The van der Waals surface area contributed by atoms with Gasteiger partial charge in [-0.25, -0.2) is 4.79 Å². The summed E-state index contributed by atoms with van der Waals surface area (Å²) in [5.41, 5.74) is 2.87. The summed E-state index contributed by atoms with van der Waals surface area (Å²) < 4.78 is 5.39. The number of amides is 2. The Morgan fingerprint density at radius 2 is 1.96 bits per heavy atom. The topological polar surface area (TPSA) is 41.6 Å². The summed E-state index contributed by atoms with van der Waals surface area (Å²) in [4.78, 5) is 14.4. The first-order chi connectivity index (χ1) is 11.2. The molecular weight excluding hydrogens is 288 g/mol. The minimum absolute atomic E-state index is 0.0569. The number of hydrogen-bond donors (Lipinski definition) is 1. The van der Waals surface area contributed by atoms with Gasteiger partial charge in [-0.1, -0.05) is 36.4 Å². The maximum Gasteiger partial charge on any atom is 0.322 e. The van der Waals surface area contributed by atoms with Crippen LogP contribution in [0.3, 0.4) is 0 Å². The first kappa shape index (κ1) is 15.4. The number of hydrogen-bond acceptors (Lipinski definition) is 2. The first-order valence-electron chi connectivity index (χ1n) is 8.00. The molecule has 120 valence electrons. The fraction of sp³-hybridized carbons (Fsp3) is 0.316. The Hall–Kier alpha value is -2.49. The molecule has 1 fully saturated rings. The van der Waals surface area contributed by atoms with Gasteiger partial charge in [-0.05, 0) is 43.0 Å². The van der Waals surface area contributed by atoms with Crippen LogP contribution in [0.15, 0.2) is 48.5 Å². The standard InChI is InChI=1S/C19H22N2O2/c1-14-7-6-12-21(14)19(22)20-17-13-16(10-11-18(17)23-2)15-8-4-3-5-9-15/h3-5,8-11,13-14H,6-7,12H2,1-2H3,(H,20,22). The molecule has 4 nitrogen and oxygen atoms in total. The van der Waals surface area contributed by atoms with Crippen molar-refractivity contribution in [2.24, 2.45) is 0 Å². The number of carbonyl (C=O) groups is 1. The molecular formula is C19H22N2O2. The van der Waals surface area contributed by atoms with E-state index in [1.165, 1.54) is 0 Å². The van der Waals surface area contributed by atoms with E-state index in [4.69, 9.17) is 4.74 Å². The van der Waals surface area contributed by atoms with Crippen LogP contribution < -0.4 is 10.1 Å². The van der Waals surface area contributed by atoms with Gasteiger partial charge < -0.3 is 15.0 Å². The molecule has 1 N–H and O–H groups in total. The van der Waals surface area contributed by atoms with Crippen LogP contribution in [0.2, 0.25) is 0 Å². The van der Waals surface area contributed by atoms with E-state index in [-0.39, 0.29) is 6.03 Å². The lowest BCUT2D eigenvalue weighted by Crippen LogP contribution is -2.37. The predicted molar refractivity (Wildman–Crippen MR) is 92.9 cm³/mol. The third-order valence-electron chi connectivity index (χ3n) is 4.36. The van der Waals surface area contributed by atoms with Gasteiger partial charge in [0.2, 0.25) is 0 Å². The molecule has 0 radical (unpaired) electrons. The van der Waals surface area contributed by atoms with Crippen LogP contribution in [-0.4, -0.2) is 30.6 Å². The second kappa shape index (κ2) is 6.73. The van der Waals surface area contributed by atoms with Crippen molar-refractivity contribution in [3.05, 3.63) is 48.5 Å². The zero-order valence-electron chi connectivity index (χ0n) is 13.6. The fourth-order valence-electron chi connectivity index (χ4n) is 3.04. The van der Waals surface area contributed by atoms with Crippen molar-refractivity contribution in [3.8, 4) is 16.9 Å². The second-order valence-corrected chi connectivity index (χ2v) is 5.90. The van der Waals surface area contributed by atoms with Crippen LogP contribution in [0.25, 0.3) is 11.1 Å². The molecule has 3 rings (SSSR count). The van der Waals surface area contributed by atoms with E-state index in [0.29, 0.717) is 17.5 Å². The number of likely N-dealkylation sites (tertiary alicyclic amines) is 1. The summed E-state index contributed by atoms with van der Waals surface area (Å²) >= 11 is 0. The average Bonchev–Trinajstić information content (AvgIpc) is 3.02. The molecule has 2 aromatic rings. The molecule has 2 aromatic carbocycles. The molecule has 1 saturated heterocycles. The van der Waals surface area contributed by atoms with Gasteiger partial charge in [-0.15, -0.1) is 0 Å². The summed E-state index contributed by atoms with van der Waals surface area (Å²) in [6, 6.07) is 16.2. The molecule has 0 aromatic heterocycles. The van der Waals surface area contributed by atoms with Crippen LogP contribution >= 0.6 is 0 Å². The molecule has 1 heterocycles. The Labute approximate surface area is 137 Å². The smallest absolute Gasteiger partial charge is 0.322 e. The number of anilines is 1. The minimum atomic E-state index is -0.0569. The van der Waals surface area contributed by atoms with Crippen molar-refractivity contribution < 1.29 is 9.53 Å². The Balaban J connectivity index is 1.86. The van der Waals surface area contributed by atoms with Crippen LogP contribution in [0, 0.1) is 0 Å². The molecule has 4 heteroatoms. The Bertz CT molecular complexity index is 685. The number of urea groups is 1. The van der Waals surface area contributed by atoms with Gasteiger partial charge in [0.15, 0.2) is 0 Å². The van der Waals surface area contributed by atoms with Crippen LogP contribution in [0.1, 0.15) is 19.8 Å². The SMILES string of the molecule is COc1ccc(-c2ccccc2)cc1NC(=O)N1CCCC1C. The quantitative estimate of drug-likeness (QED) is 0.914. The third kappa shape index (κ3) is 3.31. The lowest BCUT2D eigenvalue weighted by Gasteiger charge is -2.22. The van der Waals surface area contributed by atoms with Crippen LogP contribution in [-0.2, 0) is 0 Å². The number of ether oxygens (including phenoxy) is 1. The Morgan fingerprint density at radius 3 is 2.61 bits per heavy atom. The molecule has 2 amide bonds. The Kier molecular flexibility index (Phi) is 4.51. The van der Waals surface area contributed by atoms with Crippen molar-refractivity contribution in [1.82, 2.24) is 4.90 Å². The van der Waals surface area contributed by atoms with Crippen LogP contribution in [0.4, 0.5) is 10.5 Å². The van der Waals surface area contributed by atoms with Gasteiger partial charge in [-0.3, -0.25) is 0 Å². The summed E-state index contributed by atoms with van der Waals surface area (Å²) in [7, 11) is 1.62. The molecule has 1 unspecified atom stereocenters. The summed E-state index contributed by atoms with van der Waals surface area (Å²) in [6.07, 6.45) is 2.13. The van der Waals surface area contributed by atoms with Crippen molar-refractivity contribution >= 4 is 11.7 Å². The molecule has 0 aliphatic carbocycles. The van der Waals surface area contributed by atoms with Gasteiger partial charge >= 0.3 is 6.03 Å². The summed E-state index contributed by atoms with van der Waals surface area (Å²) in [5, 5.41) is 3.01. The van der Waals surface area contributed by atoms with Gasteiger partial charge in [-0.2, -0.15) is 0 Å². The van der Waals surface area contributed by atoms with Crippen molar-refractivity contribution in [2.45, 2.75) is 25.8 Å². The zero-order chi connectivity index (χ0) is 16.2. The minimum Gasteiger partial charge on any atom is -0.495 e. The lowest BCUT2D eigenvalue weighted by atomic mass is 10.0. The lowest BCUT2D eigenvalue weighted by molar-refractivity contribution is 0.210. The number of rotatable bonds is 3. The average molecular weight is 310 g/mol. The largest absolute Gasteiger partial charge is 0.495 e. The summed E-state index contributed by atoms with van der Waals surface area (Å²) in [6.45, 7) is 2.90. The Morgan fingerprint density at radius 1 is 1.17 bits per heavy atom. The van der Waals surface area contributed by atoms with E-state index in [9.17, 15) is 4.79 Å². The van der Waals surface area contributed by atoms with E-state index >= 15 is 0 Å². The van der Waals surface area contributed by atoms with E-state index in [2.05, 4.69) is 24.4 Å². The van der Waals surface area contributed by atoms with Crippen LogP contribution in [0.5, 0.6) is 5.75 Å². The maximum absolute atomic E-state index is 12.5. The zero-order valence-corrected chi connectivity index (χ0v) is 13.6. The second-order valence-electron chi connectivity index (χ2n) is 5.90. The van der Waals surface area contributed by atoms with Gasteiger partial charge in [0, 0.05) is 12.6 Å². The highest BCUT2D eigenvalue weighted by Gasteiger charge is 2.25.